The molecule has 226 valence electrons. The van der Waals surface area contributed by atoms with Crippen LogP contribution in [0.25, 0.3) is 22.3 Å². The molecule has 0 amide bonds. The van der Waals surface area contributed by atoms with E-state index in [1.54, 1.807) is 0 Å². The van der Waals surface area contributed by atoms with Crippen molar-refractivity contribution in [3.63, 3.8) is 0 Å². The first kappa shape index (κ1) is 29.3. The smallest absolute Gasteiger partial charge is 0.343 e. The molecule has 0 spiro atoms. The minimum Gasteiger partial charge on any atom is -0.508 e. The molecule has 15 heteroatoms. The van der Waals surface area contributed by atoms with Gasteiger partial charge in [-0.25, -0.2) is 4.79 Å². The minimum atomic E-state index is -1.87. The van der Waals surface area contributed by atoms with Crippen LogP contribution in [0.15, 0.2) is 51.7 Å². The van der Waals surface area contributed by atoms with Crippen molar-refractivity contribution < 1.29 is 69.4 Å². The largest absolute Gasteiger partial charge is 0.508 e. The fourth-order valence-corrected chi connectivity index (χ4v) is 4.40. The van der Waals surface area contributed by atoms with Crippen molar-refractivity contribution in [2.75, 3.05) is 0 Å². The molecule has 15 nitrogen and oxygen atoms in total. The lowest BCUT2D eigenvalue weighted by molar-refractivity contribution is -0.268. The normalized spacial score (nSPS) is 21.9. The molecule has 3 aromatic carbocycles. The average Bonchev–Trinajstić information content (AvgIpc) is 2.95. The molecule has 0 radical (unpaired) electrons. The maximum atomic E-state index is 14.0. The van der Waals surface area contributed by atoms with Crippen LogP contribution in [0.2, 0.25) is 0 Å². The van der Waals surface area contributed by atoms with Gasteiger partial charge in [-0.3, -0.25) is 4.79 Å². The summed E-state index contributed by atoms with van der Waals surface area (Å²) in [4.78, 5) is 26.8. The van der Waals surface area contributed by atoms with Crippen molar-refractivity contribution in [3.8, 4) is 57.3 Å². The van der Waals surface area contributed by atoms with E-state index in [4.69, 9.17) is 18.6 Å². The Morgan fingerprint density at radius 2 is 1.49 bits per heavy atom. The molecule has 1 aromatic heterocycles. The van der Waals surface area contributed by atoms with Gasteiger partial charge in [-0.15, -0.1) is 0 Å². The van der Waals surface area contributed by atoms with Crippen LogP contribution in [0, 0.1) is 0 Å². The number of hydrogen-bond donors (Lipinski definition) is 9. The topological polar surface area (TPSA) is 257 Å². The van der Waals surface area contributed by atoms with Crippen LogP contribution < -0.4 is 14.9 Å². The summed E-state index contributed by atoms with van der Waals surface area (Å²) in [5, 5.41) is 89.5. The zero-order valence-electron chi connectivity index (χ0n) is 21.9. The van der Waals surface area contributed by atoms with Gasteiger partial charge in [0, 0.05) is 17.7 Å². The SMILES string of the molecule is C[C@@H]1O[C@@H](Oc2c(-c3ccc(O)c(O)c3)oc3cc(O)cc(OC(=O)c4cc(O)c(O)c(O)c4)c3c2=O)[C@H](O)[C@H](O)[C@H]1O. The Kier molecular flexibility index (Phi) is 7.41. The molecule has 5 rings (SSSR count). The van der Waals surface area contributed by atoms with Gasteiger partial charge in [0.1, 0.15) is 40.8 Å². The summed E-state index contributed by atoms with van der Waals surface area (Å²) < 4.78 is 22.2. The van der Waals surface area contributed by atoms with Gasteiger partial charge in [0.2, 0.25) is 17.5 Å². The number of aliphatic hydroxyl groups excluding tert-OH is 3. The molecule has 0 unspecified atom stereocenters. The summed E-state index contributed by atoms with van der Waals surface area (Å²) >= 11 is 0. The van der Waals surface area contributed by atoms with Crippen molar-refractivity contribution in [1.82, 2.24) is 0 Å². The van der Waals surface area contributed by atoms with Gasteiger partial charge in [0.05, 0.1) is 11.7 Å². The molecule has 43 heavy (non-hydrogen) atoms. The van der Waals surface area contributed by atoms with Crippen LogP contribution in [0.1, 0.15) is 17.3 Å². The van der Waals surface area contributed by atoms with Crippen molar-refractivity contribution in [1.29, 1.82) is 0 Å². The maximum absolute atomic E-state index is 14.0. The third kappa shape index (κ3) is 5.28. The lowest BCUT2D eigenvalue weighted by Gasteiger charge is -2.38. The standard InChI is InChI=1S/C28H24O15/c1-9-20(34)23(37)24(38)28(40-9)43-26-22(36)19-17(41-25(26)10-2-3-13(30)14(31)4-10)7-12(29)8-18(19)42-27(39)11-5-15(32)21(35)16(33)6-11/h2-9,20,23-24,28-35,37-38H,1H3/t9-,20-,23+,24+,28-/m0/s1. The van der Waals surface area contributed by atoms with Gasteiger partial charge >= 0.3 is 5.97 Å². The summed E-state index contributed by atoms with van der Waals surface area (Å²) in [6, 6.07) is 6.74. The van der Waals surface area contributed by atoms with E-state index in [9.17, 15) is 55.5 Å². The molecule has 1 fully saturated rings. The molecular formula is C28H24O15. The predicted octanol–water partition coefficient (Wildman–Crippen LogP) is 1.12. The lowest BCUT2D eigenvalue weighted by Crippen LogP contribution is -2.58. The second-order valence-electron chi connectivity index (χ2n) is 9.66. The third-order valence-corrected chi connectivity index (χ3v) is 6.69. The van der Waals surface area contributed by atoms with Crippen molar-refractivity contribution in [3.05, 3.63) is 58.3 Å². The minimum absolute atomic E-state index is 0.0415. The van der Waals surface area contributed by atoms with Gasteiger partial charge in [0.15, 0.2) is 34.5 Å². The molecule has 0 saturated carbocycles. The van der Waals surface area contributed by atoms with Crippen LogP contribution >= 0.6 is 0 Å². The number of carbonyl (C=O) groups is 1. The highest BCUT2D eigenvalue weighted by atomic mass is 16.7. The van der Waals surface area contributed by atoms with E-state index in [0.717, 1.165) is 36.4 Å². The van der Waals surface area contributed by atoms with E-state index >= 15 is 0 Å². The second-order valence-corrected chi connectivity index (χ2v) is 9.66. The highest BCUT2D eigenvalue weighted by molar-refractivity contribution is 5.96. The van der Waals surface area contributed by atoms with Crippen LogP contribution in [0.4, 0.5) is 0 Å². The first-order chi connectivity index (χ1) is 20.3. The highest BCUT2D eigenvalue weighted by Crippen LogP contribution is 2.40. The van der Waals surface area contributed by atoms with E-state index < -0.39 is 105 Å². The maximum Gasteiger partial charge on any atom is 0.343 e. The first-order valence-electron chi connectivity index (χ1n) is 12.5. The predicted molar refractivity (Wildman–Crippen MR) is 142 cm³/mol. The van der Waals surface area contributed by atoms with E-state index in [-0.39, 0.29) is 11.1 Å². The van der Waals surface area contributed by atoms with Crippen molar-refractivity contribution in [2.24, 2.45) is 0 Å². The number of phenolic OH excluding ortho intramolecular Hbond substituents is 6. The molecule has 5 atom stereocenters. The van der Waals surface area contributed by atoms with Gasteiger partial charge in [0.25, 0.3) is 0 Å². The number of aliphatic hydroxyl groups is 3. The number of aromatic hydroxyl groups is 6. The average molecular weight is 600 g/mol. The number of hydrogen-bond acceptors (Lipinski definition) is 15. The Labute approximate surface area is 239 Å². The number of fused-ring (bicyclic) bond motifs is 1. The Balaban J connectivity index is 1.68. The Morgan fingerprint density at radius 3 is 2.14 bits per heavy atom. The number of rotatable bonds is 5. The molecule has 1 aliphatic rings. The molecule has 4 aromatic rings. The lowest BCUT2D eigenvalue weighted by atomic mass is 10.00. The van der Waals surface area contributed by atoms with Gasteiger partial charge in [-0.2, -0.15) is 0 Å². The van der Waals surface area contributed by atoms with Crippen molar-refractivity contribution >= 4 is 16.9 Å². The number of ether oxygens (including phenoxy) is 3. The van der Waals surface area contributed by atoms with Crippen LogP contribution in [0.5, 0.6) is 46.0 Å². The van der Waals surface area contributed by atoms with Crippen LogP contribution in [-0.4, -0.2) is 82.6 Å². The van der Waals surface area contributed by atoms with Gasteiger partial charge < -0.3 is 64.6 Å². The number of phenols is 6. The summed E-state index contributed by atoms with van der Waals surface area (Å²) in [6.45, 7) is 1.37. The number of benzene rings is 3. The quantitative estimate of drug-likeness (QED) is 0.0883. The zero-order chi connectivity index (χ0) is 31.3. The molecule has 0 bridgehead atoms. The number of carbonyl (C=O) groups excluding carboxylic acids is 1. The first-order valence-corrected chi connectivity index (χ1v) is 12.5. The monoisotopic (exact) mass is 600 g/mol. The summed E-state index contributed by atoms with van der Waals surface area (Å²) in [7, 11) is 0. The van der Waals surface area contributed by atoms with Gasteiger partial charge in [-0.1, -0.05) is 0 Å². The van der Waals surface area contributed by atoms with Gasteiger partial charge in [-0.05, 0) is 37.3 Å². The van der Waals surface area contributed by atoms with Crippen LogP contribution in [0.3, 0.4) is 0 Å². The fraction of sp³-hybridized carbons (Fsp3) is 0.214. The van der Waals surface area contributed by atoms with E-state index in [2.05, 4.69) is 0 Å². The molecule has 9 N–H and O–H groups in total. The zero-order valence-corrected chi connectivity index (χ0v) is 21.9. The summed E-state index contributed by atoms with van der Waals surface area (Å²) in [6.07, 6.45) is -7.92. The fourth-order valence-electron chi connectivity index (χ4n) is 4.40. The Bertz CT molecular complexity index is 1770. The van der Waals surface area contributed by atoms with E-state index in [1.807, 2.05) is 0 Å². The molecule has 2 heterocycles. The highest BCUT2D eigenvalue weighted by Gasteiger charge is 2.44. The second kappa shape index (κ2) is 10.9. The summed E-state index contributed by atoms with van der Waals surface area (Å²) in [5.74, 6) is -7.19. The summed E-state index contributed by atoms with van der Waals surface area (Å²) in [5.41, 5.74) is -1.93. The van der Waals surface area contributed by atoms with E-state index in [1.165, 1.54) is 13.0 Å². The molecule has 1 aliphatic heterocycles. The molecule has 0 aliphatic carbocycles. The van der Waals surface area contributed by atoms with Crippen molar-refractivity contribution in [2.45, 2.75) is 37.6 Å². The number of esters is 1. The molecule has 1 saturated heterocycles. The Hall–Kier alpha value is -5.22. The van der Waals surface area contributed by atoms with Crippen LogP contribution in [-0.2, 0) is 4.74 Å². The Morgan fingerprint density at radius 1 is 0.814 bits per heavy atom. The third-order valence-electron chi connectivity index (χ3n) is 6.69. The molecular weight excluding hydrogens is 576 g/mol. The van der Waals surface area contributed by atoms with E-state index in [0.29, 0.717) is 0 Å².